The maximum absolute atomic E-state index is 4.25. The summed E-state index contributed by atoms with van der Waals surface area (Å²) in [7, 11) is 0. The maximum Gasteiger partial charge on any atom is 0.0379 e. The molecule has 0 fully saturated rings. The van der Waals surface area contributed by atoms with Crippen molar-refractivity contribution in [3.8, 4) is 0 Å². The minimum atomic E-state index is 0.982. The van der Waals surface area contributed by atoms with Crippen LogP contribution in [0.3, 0.4) is 0 Å². The van der Waals surface area contributed by atoms with Crippen molar-refractivity contribution in [1.82, 2.24) is 0 Å². The minimum absolute atomic E-state index is 0.982. The summed E-state index contributed by atoms with van der Waals surface area (Å²) in [4.78, 5) is 5.08. The Morgan fingerprint density at radius 3 is 2.64 bits per heavy atom. The van der Waals surface area contributed by atoms with Gasteiger partial charge in [-0.2, -0.15) is 0 Å². The average molecular weight is 169 g/mol. The molecule has 0 heterocycles. The van der Waals surface area contributed by atoms with Crippen LogP contribution in [-0.2, 0) is 0 Å². The van der Waals surface area contributed by atoms with Gasteiger partial charge in [0.15, 0.2) is 0 Å². The standard InChI is InChI=1S/C9H15NS/c1-4-6-9(11)7-8(3)10-5-2/h5-7,11H,4H2,1-3H3/b8-7-,9-6-,10-5?. The smallest absolute Gasteiger partial charge is 0.0379 e. The number of nitrogens with zero attached hydrogens (tertiary/aromatic N) is 1. The first-order valence-electron chi connectivity index (χ1n) is 3.76. The predicted octanol–water partition coefficient (Wildman–Crippen LogP) is 3.20. The normalized spacial score (nSPS) is 14.5. The van der Waals surface area contributed by atoms with E-state index in [4.69, 9.17) is 0 Å². The Morgan fingerprint density at radius 2 is 2.18 bits per heavy atom. The lowest BCUT2D eigenvalue weighted by molar-refractivity contribution is 1.21. The Labute approximate surface area is 74.3 Å². The summed E-state index contributed by atoms with van der Waals surface area (Å²) in [6.45, 7) is 5.95. The molecule has 0 N–H and O–H groups in total. The molecule has 0 aliphatic rings. The summed E-state index contributed by atoms with van der Waals surface area (Å²) in [6, 6.07) is 0. The van der Waals surface area contributed by atoms with Crippen molar-refractivity contribution in [3.63, 3.8) is 0 Å². The van der Waals surface area contributed by atoms with Gasteiger partial charge in [0.25, 0.3) is 0 Å². The average Bonchev–Trinajstić information content (AvgIpc) is 1.87. The molecule has 0 saturated heterocycles. The fraction of sp³-hybridized carbons (Fsp3) is 0.444. The van der Waals surface area contributed by atoms with Crippen molar-refractivity contribution in [2.75, 3.05) is 0 Å². The van der Waals surface area contributed by atoms with E-state index in [1.807, 2.05) is 19.9 Å². The molecule has 0 bridgehead atoms. The predicted molar refractivity (Wildman–Crippen MR) is 55.3 cm³/mol. The van der Waals surface area contributed by atoms with Gasteiger partial charge in [-0.05, 0) is 26.3 Å². The molecule has 62 valence electrons. The maximum atomic E-state index is 4.25. The van der Waals surface area contributed by atoms with Gasteiger partial charge in [0, 0.05) is 16.8 Å². The van der Waals surface area contributed by atoms with Gasteiger partial charge >= 0.3 is 0 Å². The van der Waals surface area contributed by atoms with Crippen LogP contribution in [0.1, 0.15) is 27.2 Å². The van der Waals surface area contributed by atoms with Gasteiger partial charge in [-0.25, -0.2) is 0 Å². The molecule has 0 amide bonds. The number of aliphatic imine (C=N–C) groups is 1. The highest BCUT2D eigenvalue weighted by Gasteiger charge is 1.84. The lowest BCUT2D eigenvalue weighted by Crippen LogP contribution is -1.71. The van der Waals surface area contributed by atoms with Crippen LogP contribution in [0.4, 0.5) is 0 Å². The highest BCUT2D eigenvalue weighted by atomic mass is 32.1. The quantitative estimate of drug-likeness (QED) is 0.378. The first-order valence-corrected chi connectivity index (χ1v) is 4.21. The second-order valence-electron chi connectivity index (χ2n) is 2.21. The van der Waals surface area contributed by atoms with Gasteiger partial charge < -0.3 is 0 Å². The first-order chi connectivity index (χ1) is 5.20. The summed E-state index contributed by atoms with van der Waals surface area (Å²) >= 11 is 4.25. The molecule has 0 radical (unpaired) electrons. The van der Waals surface area contributed by atoms with Gasteiger partial charge in [0.1, 0.15) is 0 Å². The second-order valence-corrected chi connectivity index (χ2v) is 2.73. The molecule has 0 aromatic heterocycles. The Bertz CT molecular complexity index is 190. The van der Waals surface area contributed by atoms with E-state index in [9.17, 15) is 0 Å². The number of rotatable bonds is 3. The van der Waals surface area contributed by atoms with E-state index in [1.54, 1.807) is 6.21 Å². The van der Waals surface area contributed by atoms with Gasteiger partial charge in [-0.1, -0.05) is 13.0 Å². The van der Waals surface area contributed by atoms with Crippen LogP contribution in [0.25, 0.3) is 0 Å². The van der Waals surface area contributed by atoms with E-state index in [1.165, 1.54) is 0 Å². The van der Waals surface area contributed by atoms with Crippen molar-refractivity contribution in [3.05, 3.63) is 22.8 Å². The van der Waals surface area contributed by atoms with Crippen molar-refractivity contribution in [2.24, 2.45) is 4.99 Å². The van der Waals surface area contributed by atoms with Gasteiger partial charge in [0.2, 0.25) is 0 Å². The summed E-state index contributed by atoms with van der Waals surface area (Å²) in [5, 5.41) is 0. The number of hydrogen-bond acceptors (Lipinski definition) is 2. The summed E-state index contributed by atoms with van der Waals surface area (Å²) < 4.78 is 0. The van der Waals surface area contributed by atoms with E-state index in [-0.39, 0.29) is 0 Å². The fourth-order valence-corrected chi connectivity index (χ4v) is 1.09. The number of hydrogen-bond donors (Lipinski definition) is 1. The number of allylic oxidation sites excluding steroid dienone is 3. The third kappa shape index (κ3) is 5.92. The van der Waals surface area contributed by atoms with Crippen LogP contribution in [0, 0.1) is 0 Å². The van der Waals surface area contributed by atoms with Gasteiger partial charge in [-0.3, -0.25) is 4.99 Å². The Hall–Kier alpha value is -0.500. The fourth-order valence-electron chi connectivity index (χ4n) is 0.723. The molecular weight excluding hydrogens is 154 g/mol. The molecule has 0 atom stereocenters. The summed E-state index contributed by atoms with van der Waals surface area (Å²) in [5.41, 5.74) is 0.988. The zero-order valence-corrected chi connectivity index (χ0v) is 8.23. The lowest BCUT2D eigenvalue weighted by atomic mass is 10.3. The van der Waals surface area contributed by atoms with Crippen molar-refractivity contribution in [1.29, 1.82) is 0 Å². The molecule has 0 rings (SSSR count). The Kier molecular flexibility index (Phi) is 5.94. The van der Waals surface area contributed by atoms with Crippen molar-refractivity contribution < 1.29 is 0 Å². The van der Waals surface area contributed by atoms with Crippen LogP contribution in [0.15, 0.2) is 27.7 Å². The summed E-state index contributed by atoms with van der Waals surface area (Å²) in [6.07, 6.45) is 6.79. The first kappa shape index (κ1) is 10.5. The van der Waals surface area contributed by atoms with Crippen LogP contribution < -0.4 is 0 Å². The zero-order chi connectivity index (χ0) is 8.69. The molecular formula is C9H15NS. The van der Waals surface area contributed by atoms with Crippen LogP contribution in [0.2, 0.25) is 0 Å². The lowest BCUT2D eigenvalue weighted by Gasteiger charge is -1.91. The third-order valence-electron chi connectivity index (χ3n) is 1.10. The topological polar surface area (TPSA) is 12.4 Å². The highest BCUT2D eigenvalue weighted by molar-refractivity contribution is 7.84. The molecule has 1 nitrogen and oxygen atoms in total. The highest BCUT2D eigenvalue weighted by Crippen LogP contribution is 2.07. The van der Waals surface area contributed by atoms with E-state index >= 15 is 0 Å². The molecule has 0 spiro atoms. The molecule has 0 aliphatic carbocycles. The van der Waals surface area contributed by atoms with Gasteiger partial charge in [-0.15, -0.1) is 12.6 Å². The van der Waals surface area contributed by atoms with Crippen LogP contribution >= 0.6 is 12.6 Å². The van der Waals surface area contributed by atoms with Gasteiger partial charge in [0.05, 0.1) is 0 Å². The Morgan fingerprint density at radius 1 is 1.55 bits per heavy atom. The molecule has 11 heavy (non-hydrogen) atoms. The van der Waals surface area contributed by atoms with E-state index in [2.05, 4.69) is 30.6 Å². The minimum Gasteiger partial charge on any atom is -0.266 e. The molecule has 0 saturated carbocycles. The molecule has 0 aliphatic heterocycles. The molecule has 0 aromatic carbocycles. The van der Waals surface area contributed by atoms with Crippen molar-refractivity contribution in [2.45, 2.75) is 27.2 Å². The Balaban J connectivity index is 4.18. The van der Waals surface area contributed by atoms with Crippen molar-refractivity contribution >= 4 is 18.8 Å². The number of thiol groups is 1. The SMILES string of the molecule is CC=N/C(C)=C\C(S)=C\CC. The zero-order valence-electron chi connectivity index (χ0n) is 7.33. The van der Waals surface area contributed by atoms with Crippen LogP contribution in [0.5, 0.6) is 0 Å². The largest absolute Gasteiger partial charge is 0.266 e. The molecule has 0 aromatic rings. The third-order valence-corrected chi connectivity index (χ3v) is 1.41. The van der Waals surface area contributed by atoms with E-state index in [0.717, 1.165) is 17.0 Å². The summed E-state index contributed by atoms with van der Waals surface area (Å²) in [5.74, 6) is 0. The molecule has 2 heteroatoms. The molecule has 0 unspecified atom stereocenters. The van der Waals surface area contributed by atoms with Crippen LogP contribution in [-0.4, -0.2) is 6.21 Å². The monoisotopic (exact) mass is 169 g/mol. The van der Waals surface area contributed by atoms with E-state index < -0.39 is 0 Å². The van der Waals surface area contributed by atoms with E-state index in [0.29, 0.717) is 0 Å². The second kappa shape index (κ2) is 6.23.